The summed E-state index contributed by atoms with van der Waals surface area (Å²) < 4.78 is 27.0. The van der Waals surface area contributed by atoms with E-state index in [1.54, 1.807) is 0 Å². The van der Waals surface area contributed by atoms with E-state index < -0.39 is 17.5 Å². The van der Waals surface area contributed by atoms with Crippen LogP contribution in [0.25, 0.3) is 60.7 Å². The number of fused-ring (bicyclic) bond motifs is 6. The second kappa shape index (κ2) is 9.99. The van der Waals surface area contributed by atoms with Crippen LogP contribution in [0.2, 0.25) is 0 Å². The highest BCUT2D eigenvalue weighted by atomic mass is 19.1. The number of para-hydroxylation sites is 1. The van der Waals surface area contributed by atoms with Gasteiger partial charge in [-0.05, 0) is 63.5 Å². The lowest BCUT2D eigenvalue weighted by Crippen LogP contribution is -2.21. The SMILES string of the molecule is O=C(/C=C/c1cc(F)cc(F)c1)NCc1cc2c([nH]c3ccccc32)c(-c2cc3ccccc3c3ccccc23)n1. The Balaban J connectivity index is 1.33. The highest BCUT2D eigenvalue weighted by Crippen LogP contribution is 2.38. The molecule has 5 aromatic carbocycles. The minimum atomic E-state index is -0.699. The lowest BCUT2D eigenvalue weighted by Gasteiger charge is -2.13. The van der Waals surface area contributed by atoms with Crippen LogP contribution in [0.15, 0.2) is 109 Å². The number of amides is 1. The maximum Gasteiger partial charge on any atom is 0.244 e. The third kappa shape index (κ3) is 4.59. The van der Waals surface area contributed by atoms with Crippen molar-refractivity contribution in [1.82, 2.24) is 15.3 Å². The van der Waals surface area contributed by atoms with E-state index in [9.17, 15) is 13.6 Å². The van der Waals surface area contributed by atoms with Crippen molar-refractivity contribution in [3.8, 4) is 11.3 Å². The monoisotopic (exact) mass is 539 g/mol. The van der Waals surface area contributed by atoms with Crippen molar-refractivity contribution in [1.29, 1.82) is 0 Å². The van der Waals surface area contributed by atoms with Crippen molar-refractivity contribution in [2.45, 2.75) is 6.54 Å². The number of hydrogen-bond acceptors (Lipinski definition) is 2. The van der Waals surface area contributed by atoms with Crippen LogP contribution in [0.4, 0.5) is 8.78 Å². The molecule has 0 aliphatic heterocycles. The zero-order valence-electron chi connectivity index (χ0n) is 21.8. The molecular formula is C35H23F2N3O. The Hall–Kier alpha value is -5.36. The van der Waals surface area contributed by atoms with Crippen molar-refractivity contribution in [2.75, 3.05) is 0 Å². The fraction of sp³-hybridized carbons (Fsp3) is 0.0286. The van der Waals surface area contributed by atoms with Gasteiger partial charge in [-0.3, -0.25) is 4.79 Å². The molecule has 2 N–H and O–H groups in total. The number of pyridine rings is 1. The van der Waals surface area contributed by atoms with Gasteiger partial charge < -0.3 is 10.3 Å². The molecule has 0 radical (unpaired) electrons. The van der Waals surface area contributed by atoms with Crippen LogP contribution in [0.1, 0.15) is 11.3 Å². The van der Waals surface area contributed by atoms with Gasteiger partial charge in [-0.25, -0.2) is 13.8 Å². The average molecular weight is 540 g/mol. The van der Waals surface area contributed by atoms with Gasteiger partial charge in [-0.2, -0.15) is 0 Å². The Labute approximate surface area is 234 Å². The second-order valence-electron chi connectivity index (χ2n) is 10.0. The summed E-state index contributed by atoms with van der Waals surface area (Å²) in [6.45, 7) is 0.175. The first-order chi connectivity index (χ1) is 20.0. The number of aromatic nitrogens is 2. The Kier molecular flexibility index (Phi) is 6.01. The van der Waals surface area contributed by atoms with E-state index in [4.69, 9.17) is 4.98 Å². The van der Waals surface area contributed by atoms with E-state index in [1.807, 2.05) is 48.5 Å². The summed E-state index contributed by atoms with van der Waals surface area (Å²) in [7, 11) is 0. The topological polar surface area (TPSA) is 57.8 Å². The molecule has 41 heavy (non-hydrogen) atoms. The van der Waals surface area contributed by atoms with Crippen molar-refractivity contribution >= 4 is 55.3 Å². The van der Waals surface area contributed by atoms with E-state index in [0.717, 1.165) is 55.3 Å². The van der Waals surface area contributed by atoms with E-state index in [2.05, 4.69) is 46.7 Å². The first kappa shape index (κ1) is 24.7. The quantitative estimate of drug-likeness (QED) is 0.171. The number of halogens is 2. The maximum absolute atomic E-state index is 13.5. The van der Waals surface area contributed by atoms with Crippen LogP contribution < -0.4 is 5.32 Å². The van der Waals surface area contributed by atoms with Gasteiger partial charge in [0.1, 0.15) is 11.6 Å². The van der Waals surface area contributed by atoms with Gasteiger partial charge in [0.25, 0.3) is 0 Å². The Morgan fingerprint density at radius 3 is 2.24 bits per heavy atom. The lowest BCUT2D eigenvalue weighted by atomic mass is 9.94. The van der Waals surface area contributed by atoms with Crippen molar-refractivity contribution in [3.05, 3.63) is 132 Å². The summed E-state index contributed by atoms with van der Waals surface area (Å²) in [4.78, 5) is 21.3. The molecule has 0 spiro atoms. The van der Waals surface area contributed by atoms with Crippen molar-refractivity contribution in [3.63, 3.8) is 0 Å². The van der Waals surface area contributed by atoms with Gasteiger partial charge in [0, 0.05) is 34.0 Å². The molecule has 1 amide bonds. The van der Waals surface area contributed by atoms with Gasteiger partial charge in [0.05, 0.1) is 23.4 Å². The van der Waals surface area contributed by atoms with E-state index in [1.165, 1.54) is 29.7 Å². The number of aromatic amines is 1. The highest BCUT2D eigenvalue weighted by molar-refractivity contribution is 6.18. The predicted molar refractivity (Wildman–Crippen MR) is 161 cm³/mol. The maximum atomic E-state index is 13.5. The van der Waals surface area contributed by atoms with Crippen LogP contribution in [0.5, 0.6) is 0 Å². The van der Waals surface area contributed by atoms with E-state index in [-0.39, 0.29) is 12.1 Å². The number of nitrogens with zero attached hydrogens (tertiary/aromatic N) is 1. The highest BCUT2D eigenvalue weighted by Gasteiger charge is 2.17. The number of rotatable bonds is 5. The first-order valence-electron chi connectivity index (χ1n) is 13.3. The summed E-state index contributed by atoms with van der Waals surface area (Å²) in [6.07, 6.45) is 2.64. The summed E-state index contributed by atoms with van der Waals surface area (Å²) in [5, 5.41) is 9.46. The minimum Gasteiger partial charge on any atom is -0.353 e. The van der Waals surface area contributed by atoms with Crippen molar-refractivity contribution in [2.24, 2.45) is 0 Å². The molecule has 2 heterocycles. The van der Waals surface area contributed by atoms with E-state index in [0.29, 0.717) is 5.69 Å². The Bertz CT molecular complexity index is 2140. The van der Waals surface area contributed by atoms with Gasteiger partial charge in [-0.15, -0.1) is 0 Å². The number of hydrogen-bond donors (Lipinski definition) is 2. The Morgan fingerprint density at radius 2 is 1.44 bits per heavy atom. The molecule has 0 unspecified atom stereocenters. The molecular weight excluding hydrogens is 516 g/mol. The number of H-pyrrole nitrogens is 1. The minimum absolute atomic E-state index is 0.175. The molecule has 0 fully saturated rings. The van der Waals surface area contributed by atoms with Gasteiger partial charge >= 0.3 is 0 Å². The molecule has 7 aromatic rings. The summed E-state index contributed by atoms with van der Waals surface area (Å²) >= 11 is 0. The predicted octanol–water partition coefficient (Wildman–Crippen LogP) is 8.30. The normalized spacial score (nSPS) is 11.8. The van der Waals surface area contributed by atoms with Gasteiger partial charge in [0.15, 0.2) is 0 Å². The molecule has 0 aliphatic carbocycles. The van der Waals surface area contributed by atoms with Crippen LogP contribution in [0.3, 0.4) is 0 Å². The zero-order chi connectivity index (χ0) is 27.9. The third-order valence-electron chi connectivity index (χ3n) is 7.33. The molecule has 6 heteroatoms. The van der Waals surface area contributed by atoms with Crippen molar-refractivity contribution < 1.29 is 13.6 Å². The van der Waals surface area contributed by atoms with Gasteiger partial charge in [-0.1, -0.05) is 66.7 Å². The number of carbonyl (C=O) groups excluding carboxylic acids is 1. The molecule has 0 atom stereocenters. The lowest BCUT2D eigenvalue weighted by molar-refractivity contribution is -0.116. The molecule has 7 rings (SSSR count). The van der Waals surface area contributed by atoms with E-state index >= 15 is 0 Å². The Morgan fingerprint density at radius 1 is 0.756 bits per heavy atom. The number of benzene rings is 5. The fourth-order valence-corrected chi connectivity index (χ4v) is 5.51. The smallest absolute Gasteiger partial charge is 0.244 e. The second-order valence-corrected chi connectivity index (χ2v) is 10.0. The van der Waals surface area contributed by atoms with Crippen LogP contribution in [-0.4, -0.2) is 15.9 Å². The fourth-order valence-electron chi connectivity index (χ4n) is 5.51. The first-order valence-corrected chi connectivity index (χ1v) is 13.3. The molecule has 0 saturated heterocycles. The molecule has 0 saturated carbocycles. The molecule has 4 nitrogen and oxygen atoms in total. The number of carbonyl (C=O) groups is 1. The zero-order valence-corrected chi connectivity index (χ0v) is 21.8. The largest absolute Gasteiger partial charge is 0.353 e. The average Bonchev–Trinajstić information content (AvgIpc) is 3.36. The summed E-state index contributed by atoms with van der Waals surface area (Å²) in [5.41, 5.74) is 4.68. The summed E-state index contributed by atoms with van der Waals surface area (Å²) in [6, 6.07) is 32.0. The number of nitrogens with one attached hydrogen (secondary N) is 2. The molecule has 2 aromatic heterocycles. The van der Waals surface area contributed by atoms with Gasteiger partial charge in [0.2, 0.25) is 5.91 Å². The third-order valence-corrected chi connectivity index (χ3v) is 7.33. The molecule has 198 valence electrons. The molecule has 0 bridgehead atoms. The van der Waals surface area contributed by atoms with Crippen LogP contribution in [-0.2, 0) is 11.3 Å². The van der Waals surface area contributed by atoms with Crippen LogP contribution in [0, 0.1) is 11.6 Å². The molecule has 0 aliphatic rings. The summed E-state index contributed by atoms with van der Waals surface area (Å²) in [5.74, 6) is -1.79. The standard InChI is InChI=1S/C35H23F2N3O/c36-23-15-21(16-24(37)18-23)13-14-33(41)38-20-25-19-31-29-11-5-6-12-32(29)40-35(31)34(39-25)30-17-22-7-1-2-8-26(22)27-9-3-4-10-28(27)30/h1-19,40H,20H2,(H,38,41)/b14-13+. The van der Waals surface area contributed by atoms with Crippen LogP contribution >= 0.6 is 0 Å².